The summed E-state index contributed by atoms with van der Waals surface area (Å²) in [4.78, 5) is 12.0. The molecule has 0 fully saturated rings. The lowest BCUT2D eigenvalue weighted by Crippen LogP contribution is -2.37. The topological polar surface area (TPSA) is 29.1 Å². The minimum absolute atomic E-state index is 0.229. The third-order valence-corrected chi connectivity index (χ3v) is 5.59. The Morgan fingerprint density at radius 1 is 1.19 bits per heavy atom. The zero-order valence-corrected chi connectivity index (χ0v) is 14.2. The Labute approximate surface area is 127 Å². The van der Waals surface area contributed by atoms with Gasteiger partial charge in [0.25, 0.3) is 0 Å². The Balaban J connectivity index is 2.72. The minimum Gasteiger partial charge on any atom is -0.326 e. The van der Waals surface area contributed by atoms with E-state index in [-0.39, 0.29) is 6.42 Å². The van der Waals surface area contributed by atoms with Crippen LogP contribution in [0.4, 0.5) is 14.5 Å². The van der Waals surface area contributed by atoms with Crippen molar-refractivity contribution in [2.75, 3.05) is 5.32 Å². The number of amides is 1. The van der Waals surface area contributed by atoms with Crippen LogP contribution in [0.1, 0.15) is 26.2 Å². The van der Waals surface area contributed by atoms with Crippen molar-refractivity contribution in [3.05, 3.63) is 24.3 Å². The zero-order chi connectivity index (χ0) is 16.0. The first-order chi connectivity index (χ1) is 9.75. The molecule has 0 aliphatic heterocycles. The fourth-order valence-electron chi connectivity index (χ4n) is 2.08. The van der Waals surface area contributed by atoms with Crippen LogP contribution in [0.2, 0.25) is 19.6 Å². The molecule has 1 atom stereocenters. The predicted molar refractivity (Wildman–Crippen MR) is 87.1 cm³/mol. The van der Waals surface area contributed by atoms with E-state index in [1.807, 2.05) is 19.1 Å². The molecule has 0 aliphatic rings. The van der Waals surface area contributed by atoms with Gasteiger partial charge in [-0.05, 0) is 18.6 Å². The fraction of sp³-hybridized carbons (Fsp3) is 0.562. The van der Waals surface area contributed by atoms with Crippen LogP contribution in [0.25, 0.3) is 0 Å². The summed E-state index contributed by atoms with van der Waals surface area (Å²) in [5.41, 5.74) is 0.587. The Bertz CT molecular complexity index is 454. The molecule has 0 heterocycles. The number of anilines is 1. The van der Waals surface area contributed by atoms with E-state index < -0.39 is 26.3 Å². The van der Waals surface area contributed by atoms with Gasteiger partial charge in [-0.2, -0.15) is 0 Å². The number of unbranched alkanes of at least 4 members (excludes halogenated alkanes) is 1. The fourth-order valence-corrected chi connectivity index (χ4v) is 3.25. The van der Waals surface area contributed by atoms with Crippen LogP contribution < -0.4 is 10.5 Å². The van der Waals surface area contributed by atoms with Gasteiger partial charge >= 0.3 is 0 Å². The molecule has 1 N–H and O–H groups in total. The second-order valence-electron chi connectivity index (χ2n) is 6.40. The number of hydrogen-bond donors (Lipinski definition) is 1. The number of hydrogen-bond acceptors (Lipinski definition) is 1. The third kappa shape index (κ3) is 5.57. The number of benzene rings is 1. The number of rotatable bonds is 7. The van der Waals surface area contributed by atoms with Crippen molar-refractivity contribution in [2.24, 2.45) is 5.92 Å². The summed E-state index contributed by atoms with van der Waals surface area (Å²) in [6.07, 6.45) is -0.941. The van der Waals surface area contributed by atoms with Gasteiger partial charge in [0.15, 0.2) is 0 Å². The molecule has 1 unspecified atom stereocenters. The van der Waals surface area contributed by atoms with Gasteiger partial charge in [0.05, 0.1) is 14.0 Å². The van der Waals surface area contributed by atoms with E-state index in [9.17, 15) is 13.6 Å². The van der Waals surface area contributed by atoms with Crippen LogP contribution in [0.3, 0.4) is 0 Å². The van der Waals surface area contributed by atoms with Crippen LogP contribution in [0.15, 0.2) is 24.3 Å². The highest BCUT2D eigenvalue weighted by Crippen LogP contribution is 2.20. The van der Waals surface area contributed by atoms with Gasteiger partial charge < -0.3 is 5.32 Å². The monoisotopic (exact) mass is 313 g/mol. The molecule has 0 aromatic heterocycles. The van der Waals surface area contributed by atoms with Crippen molar-refractivity contribution in [2.45, 2.75) is 52.3 Å². The van der Waals surface area contributed by atoms with E-state index in [4.69, 9.17) is 0 Å². The molecule has 1 aromatic rings. The van der Waals surface area contributed by atoms with Gasteiger partial charge in [-0.25, -0.2) is 8.78 Å². The maximum atomic E-state index is 12.9. The van der Waals surface area contributed by atoms with Crippen molar-refractivity contribution < 1.29 is 13.6 Å². The number of carbonyl (C=O) groups is 1. The van der Waals surface area contributed by atoms with Gasteiger partial charge in [0, 0.05) is 5.69 Å². The molecule has 2 nitrogen and oxygen atoms in total. The molecule has 0 saturated carbocycles. The largest absolute Gasteiger partial charge is 0.326 e. The van der Waals surface area contributed by atoms with E-state index in [1.54, 1.807) is 12.1 Å². The number of halogens is 2. The standard InChI is InChI=1S/C16H25F2NOSi/c1-5-6-7-14(15(17)18)16(20)19-12-8-10-13(11-9-12)21(2,3)4/h8-11,14-15H,5-7H2,1-4H3,(H,19,20). The summed E-state index contributed by atoms with van der Waals surface area (Å²) in [6.45, 7) is 8.63. The summed E-state index contributed by atoms with van der Waals surface area (Å²) >= 11 is 0. The van der Waals surface area contributed by atoms with Crippen LogP contribution in [0, 0.1) is 5.92 Å². The Kier molecular flexibility index (Phi) is 6.52. The quantitative estimate of drug-likeness (QED) is 0.749. The predicted octanol–water partition coefficient (Wildman–Crippen LogP) is 4.24. The first-order valence-corrected chi connectivity index (χ1v) is 10.9. The molecule has 1 rings (SSSR count). The van der Waals surface area contributed by atoms with E-state index in [0.29, 0.717) is 12.1 Å². The average molecular weight is 313 g/mol. The average Bonchev–Trinajstić information content (AvgIpc) is 2.38. The van der Waals surface area contributed by atoms with Crippen molar-refractivity contribution in [1.82, 2.24) is 0 Å². The Morgan fingerprint density at radius 3 is 2.19 bits per heavy atom. The van der Waals surface area contributed by atoms with E-state index in [2.05, 4.69) is 25.0 Å². The minimum atomic E-state index is -2.61. The highest BCUT2D eigenvalue weighted by molar-refractivity contribution is 6.88. The van der Waals surface area contributed by atoms with Gasteiger partial charge in [0.2, 0.25) is 12.3 Å². The lowest BCUT2D eigenvalue weighted by Gasteiger charge is -2.18. The molecule has 5 heteroatoms. The van der Waals surface area contributed by atoms with Crippen LogP contribution in [-0.4, -0.2) is 20.4 Å². The van der Waals surface area contributed by atoms with Gasteiger partial charge in [-0.1, -0.05) is 56.7 Å². The molecule has 0 saturated heterocycles. The molecule has 0 radical (unpaired) electrons. The van der Waals surface area contributed by atoms with Crippen molar-refractivity contribution in [3.8, 4) is 0 Å². The second kappa shape index (κ2) is 7.68. The Hall–Kier alpha value is -1.23. The summed E-state index contributed by atoms with van der Waals surface area (Å²) in [5.74, 6) is -1.80. The highest BCUT2D eigenvalue weighted by Gasteiger charge is 2.27. The molecule has 21 heavy (non-hydrogen) atoms. The lowest BCUT2D eigenvalue weighted by molar-refractivity contribution is -0.124. The summed E-state index contributed by atoms with van der Waals surface area (Å²) in [7, 11) is -1.39. The molecule has 1 aromatic carbocycles. The van der Waals surface area contributed by atoms with Gasteiger partial charge in [-0.15, -0.1) is 0 Å². The zero-order valence-electron chi connectivity index (χ0n) is 13.2. The molecular weight excluding hydrogens is 288 g/mol. The lowest BCUT2D eigenvalue weighted by atomic mass is 10.0. The number of alkyl halides is 2. The first-order valence-electron chi connectivity index (χ1n) is 7.45. The van der Waals surface area contributed by atoms with Gasteiger partial charge in [-0.3, -0.25) is 4.79 Å². The second-order valence-corrected chi connectivity index (χ2v) is 11.5. The van der Waals surface area contributed by atoms with E-state index >= 15 is 0 Å². The summed E-state index contributed by atoms with van der Waals surface area (Å²) in [6, 6.07) is 7.55. The molecule has 1 amide bonds. The summed E-state index contributed by atoms with van der Waals surface area (Å²) in [5, 5.41) is 3.88. The van der Waals surface area contributed by atoms with Gasteiger partial charge in [0.1, 0.15) is 0 Å². The van der Waals surface area contributed by atoms with Crippen LogP contribution >= 0.6 is 0 Å². The number of nitrogens with one attached hydrogen (secondary N) is 1. The maximum Gasteiger partial charge on any atom is 0.250 e. The molecular formula is C16H25F2NOSi. The molecule has 0 aliphatic carbocycles. The van der Waals surface area contributed by atoms with Crippen LogP contribution in [0.5, 0.6) is 0 Å². The molecule has 118 valence electrons. The summed E-state index contributed by atoms with van der Waals surface area (Å²) < 4.78 is 25.9. The van der Waals surface area contributed by atoms with E-state index in [1.165, 1.54) is 5.19 Å². The number of carbonyl (C=O) groups excluding carboxylic acids is 1. The Morgan fingerprint density at radius 2 is 1.76 bits per heavy atom. The van der Waals surface area contributed by atoms with Crippen molar-refractivity contribution in [3.63, 3.8) is 0 Å². The van der Waals surface area contributed by atoms with Crippen LogP contribution in [-0.2, 0) is 4.79 Å². The molecule has 0 spiro atoms. The maximum absolute atomic E-state index is 12.9. The smallest absolute Gasteiger partial charge is 0.250 e. The van der Waals surface area contributed by atoms with Crippen molar-refractivity contribution in [1.29, 1.82) is 0 Å². The van der Waals surface area contributed by atoms with Crippen molar-refractivity contribution >= 4 is 24.9 Å². The highest BCUT2D eigenvalue weighted by atomic mass is 28.3. The van der Waals surface area contributed by atoms with E-state index in [0.717, 1.165) is 6.42 Å². The third-order valence-electron chi connectivity index (χ3n) is 3.53. The molecule has 0 bridgehead atoms. The first kappa shape index (κ1) is 17.8. The normalized spacial score (nSPS) is 13.3. The SMILES string of the molecule is CCCCC(C(=O)Nc1ccc([Si](C)(C)C)cc1)C(F)F.